The number of hydrogen-bond donors (Lipinski definition) is 1. The second-order valence-corrected chi connectivity index (χ2v) is 7.76. The van der Waals surface area contributed by atoms with E-state index >= 15 is 0 Å². The number of amides is 2. The van der Waals surface area contributed by atoms with Gasteiger partial charge in [0.25, 0.3) is 5.91 Å². The van der Waals surface area contributed by atoms with Crippen LogP contribution in [-0.2, 0) is 11.3 Å². The molecule has 0 aliphatic carbocycles. The van der Waals surface area contributed by atoms with E-state index < -0.39 is 0 Å². The van der Waals surface area contributed by atoms with Crippen molar-refractivity contribution in [1.82, 2.24) is 15.5 Å². The Kier molecular flexibility index (Phi) is 5.48. The van der Waals surface area contributed by atoms with Crippen molar-refractivity contribution < 1.29 is 18.8 Å². The van der Waals surface area contributed by atoms with Gasteiger partial charge in [-0.15, -0.1) is 0 Å². The average molecular weight is 442 g/mol. The molecule has 0 saturated carbocycles. The van der Waals surface area contributed by atoms with Gasteiger partial charge in [0.15, 0.2) is 0 Å². The Morgan fingerprint density at radius 2 is 1.94 bits per heavy atom. The number of carbonyl (C=O) groups is 2. The van der Waals surface area contributed by atoms with Crippen LogP contribution in [0.25, 0.3) is 22.2 Å². The maximum atomic E-state index is 12.8. The summed E-state index contributed by atoms with van der Waals surface area (Å²) in [5.74, 6) is 1.29. The van der Waals surface area contributed by atoms with Gasteiger partial charge in [-0.2, -0.15) is 4.98 Å². The van der Waals surface area contributed by atoms with Gasteiger partial charge in [0.1, 0.15) is 5.75 Å². The van der Waals surface area contributed by atoms with E-state index in [9.17, 15) is 9.59 Å². The normalized spacial score (nSPS) is 12.4. The van der Waals surface area contributed by atoms with Gasteiger partial charge in [-0.3, -0.25) is 9.59 Å². The monoisotopic (exact) mass is 442 g/mol. The van der Waals surface area contributed by atoms with Crippen molar-refractivity contribution >= 4 is 28.3 Å². The molecule has 2 heterocycles. The van der Waals surface area contributed by atoms with E-state index in [1.54, 1.807) is 12.0 Å². The van der Waals surface area contributed by atoms with E-state index in [4.69, 9.17) is 9.26 Å². The highest BCUT2D eigenvalue weighted by atomic mass is 16.5. The summed E-state index contributed by atoms with van der Waals surface area (Å²) >= 11 is 0. The Labute approximate surface area is 190 Å². The van der Waals surface area contributed by atoms with Crippen LogP contribution in [0.4, 0.5) is 5.69 Å². The maximum Gasteiger partial charge on any atom is 0.258 e. The van der Waals surface area contributed by atoms with E-state index in [-0.39, 0.29) is 24.8 Å². The first kappa shape index (κ1) is 20.7. The van der Waals surface area contributed by atoms with Crippen molar-refractivity contribution in [2.24, 2.45) is 0 Å². The first-order chi connectivity index (χ1) is 16.1. The van der Waals surface area contributed by atoms with Crippen LogP contribution < -0.4 is 15.0 Å². The van der Waals surface area contributed by atoms with E-state index in [0.29, 0.717) is 30.4 Å². The Hall–Kier alpha value is -4.20. The van der Waals surface area contributed by atoms with Crippen molar-refractivity contribution in [2.75, 3.05) is 18.6 Å². The van der Waals surface area contributed by atoms with Crippen LogP contribution in [0.15, 0.2) is 65.2 Å². The molecule has 2 amide bonds. The zero-order valence-corrected chi connectivity index (χ0v) is 18.1. The number of anilines is 1. The van der Waals surface area contributed by atoms with Crippen LogP contribution in [-0.4, -0.2) is 35.6 Å². The number of rotatable bonds is 8. The molecular weight excluding hydrogens is 420 g/mol. The largest absolute Gasteiger partial charge is 0.497 e. The molecule has 166 valence electrons. The molecular formula is C25H22N4O4. The number of benzene rings is 3. The summed E-state index contributed by atoms with van der Waals surface area (Å²) in [6, 6.07) is 19.0. The Balaban J connectivity index is 1.14. The maximum absolute atomic E-state index is 12.8. The van der Waals surface area contributed by atoms with Gasteiger partial charge < -0.3 is 19.5 Å². The van der Waals surface area contributed by atoms with Gasteiger partial charge in [-0.05, 0) is 36.1 Å². The Bertz CT molecular complexity index is 1340. The minimum absolute atomic E-state index is 0.0156. The van der Waals surface area contributed by atoms with Crippen LogP contribution in [0.2, 0.25) is 0 Å². The lowest BCUT2D eigenvalue weighted by atomic mass is 10.1. The van der Waals surface area contributed by atoms with Gasteiger partial charge in [0.2, 0.25) is 17.6 Å². The number of hydrogen-bond acceptors (Lipinski definition) is 6. The number of nitrogens with one attached hydrogen (secondary N) is 1. The summed E-state index contributed by atoms with van der Waals surface area (Å²) in [7, 11) is 1.59. The fraction of sp³-hybridized carbons (Fsp3) is 0.200. The van der Waals surface area contributed by atoms with E-state index in [1.807, 2.05) is 60.7 Å². The first-order valence-corrected chi connectivity index (χ1v) is 10.7. The summed E-state index contributed by atoms with van der Waals surface area (Å²) in [6.45, 7) is 0.615. The standard InChI is InChI=1S/C25H22N4O4/c1-32-18-9-2-8-17(14-18)24-27-22(33-28-24)15-26-21(30)12-5-13-29-20-11-4-7-16-6-3-10-19(23(16)20)25(29)31/h2-4,6-11,14H,5,12-13,15H2,1H3,(H,26,30). The van der Waals surface area contributed by atoms with E-state index in [0.717, 1.165) is 27.6 Å². The van der Waals surface area contributed by atoms with Gasteiger partial charge in [-0.25, -0.2) is 0 Å². The second kappa shape index (κ2) is 8.74. The molecule has 0 atom stereocenters. The number of nitrogens with zero attached hydrogens (tertiary/aromatic N) is 3. The fourth-order valence-corrected chi connectivity index (χ4v) is 4.07. The quantitative estimate of drug-likeness (QED) is 0.444. The molecule has 1 aromatic heterocycles. The molecule has 0 saturated heterocycles. The molecule has 0 spiro atoms. The third kappa shape index (κ3) is 4.03. The molecule has 0 radical (unpaired) electrons. The van der Waals surface area contributed by atoms with Gasteiger partial charge >= 0.3 is 0 Å². The Morgan fingerprint density at radius 3 is 2.79 bits per heavy atom. The molecule has 0 fully saturated rings. The second-order valence-electron chi connectivity index (χ2n) is 7.76. The third-order valence-electron chi connectivity index (χ3n) is 5.67. The van der Waals surface area contributed by atoms with Crippen molar-refractivity contribution in [1.29, 1.82) is 0 Å². The van der Waals surface area contributed by atoms with Gasteiger partial charge in [0.05, 0.1) is 19.3 Å². The highest BCUT2D eigenvalue weighted by Crippen LogP contribution is 2.37. The first-order valence-electron chi connectivity index (χ1n) is 10.7. The summed E-state index contributed by atoms with van der Waals surface area (Å²) in [5.41, 5.74) is 2.39. The average Bonchev–Trinajstić information content (AvgIpc) is 3.43. The molecule has 1 N–H and O–H groups in total. The smallest absolute Gasteiger partial charge is 0.258 e. The lowest BCUT2D eigenvalue weighted by molar-refractivity contribution is -0.121. The predicted octanol–water partition coefficient (Wildman–Crippen LogP) is 3.96. The molecule has 1 aliphatic heterocycles. The molecule has 4 aromatic rings. The molecule has 33 heavy (non-hydrogen) atoms. The summed E-state index contributed by atoms with van der Waals surface area (Å²) in [6.07, 6.45) is 0.827. The third-order valence-corrected chi connectivity index (χ3v) is 5.67. The summed E-state index contributed by atoms with van der Waals surface area (Å²) in [4.78, 5) is 31.2. The lowest BCUT2D eigenvalue weighted by Gasteiger charge is -2.17. The Morgan fingerprint density at radius 1 is 1.12 bits per heavy atom. The predicted molar refractivity (Wildman–Crippen MR) is 123 cm³/mol. The van der Waals surface area contributed by atoms with Crippen molar-refractivity contribution in [2.45, 2.75) is 19.4 Å². The molecule has 0 unspecified atom stereocenters. The highest BCUT2D eigenvalue weighted by Gasteiger charge is 2.29. The fourth-order valence-electron chi connectivity index (χ4n) is 4.07. The van der Waals surface area contributed by atoms with Crippen LogP contribution in [0, 0.1) is 0 Å². The SMILES string of the molecule is COc1cccc(-c2noc(CNC(=O)CCCN3C(=O)c4cccc5cccc3c45)n2)c1. The topological polar surface area (TPSA) is 97.6 Å². The number of aromatic nitrogens is 2. The zero-order valence-electron chi connectivity index (χ0n) is 18.1. The van der Waals surface area contributed by atoms with Crippen molar-refractivity contribution in [3.8, 4) is 17.1 Å². The minimum Gasteiger partial charge on any atom is -0.497 e. The van der Waals surface area contributed by atoms with E-state index in [1.165, 1.54) is 0 Å². The van der Waals surface area contributed by atoms with Gasteiger partial charge in [-0.1, -0.05) is 41.6 Å². The summed E-state index contributed by atoms with van der Waals surface area (Å²) < 4.78 is 10.5. The van der Waals surface area contributed by atoms with Crippen molar-refractivity contribution in [3.05, 3.63) is 72.1 Å². The van der Waals surface area contributed by atoms with Crippen LogP contribution in [0.1, 0.15) is 29.1 Å². The molecule has 5 rings (SSSR count). The van der Waals surface area contributed by atoms with Gasteiger partial charge in [0, 0.05) is 29.5 Å². The number of ether oxygens (including phenoxy) is 1. The number of methoxy groups -OCH3 is 1. The van der Waals surface area contributed by atoms with Crippen LogP contribution in [0.5, 0.6) is 5.75 Å². The highest BCUT2D eigenvalue weighted by molar-refractivity contribution is 6.25. The molecule has 8 heteroatoms. The van der Waals surface area contributed by atoms with Crippen molar-refractivity contribution in [3.63, 3.8) is 0 Å². The number of carbonyl (C=O) groups excluding carboxylic acids is 2. The molecule has 3 aromatic carbocycles. The zero-order chi connectivity index (χ0) is 22.8. The molecule has 0 bridgehead atoms. The molecule has 8 nitrogen and oxygen atoms in total. The van der Waals surface area contributed by atoms with Crippen LogP contribution >= 0.6 is 0 Å². The minimum atomic E-state index is -0.140. The van der Waals surface area contributed by atoms with E-state index in [2.05, 4.69) is 15.5 Å². The van der Waals surface area contributed by atoms with Crippen LogP contribution in [0.3, 0.4) is 0 Å². The lowest BCUT2D eigenvalue weighted by Crippen LogP contribution is -2.29. The molecule has 1 aliphatic rings. The summed E-state index contributed by atoms with van der Waals surface area (Å²) in [5, 5.41) is 8.79.